The summed E-state index contributed by atoms with van der Waals surface area (Å²) in [7, 11) is -3.85. The summed E-state index contributed by atoms with van der Waals surface area (Å²) in [6.45, 7) is 5.02. The van der Waals surface area contributed by atoms with Crippen LogP contribution in [0, 0.1) is 6.92 Å². The SMILES string of the molecule is Cc1cc(N(CC(=O)N(Cc2ccc(Cl)c(Cl)c2)C(Cc2ccccc2)C(=O)NC(C)C)S(C)(=O)=O)ccc1Br. The minimum Gasteiger partial charge on any atom is -0.352 e. The highest BCUT2D eigenvalue weighted by molar-refractivity contribution is 9.10. The van der Waals surface area contributed by atoms with Gasteiger partial charge in [0.05, 0.1) is 22.0 Å². The van der Waals surface area contributed by atoms with Gasteiger partial charge in [0.1, 0.15) is 12.6 Å². The molecule has 0 spiro atoms. The molecule has 0 saturated heterocycles. The van der Waals surface area contributed by atoms with Crippen molar-refractivity contribution in [2.75, 3.05) is 17.1 Å². The van der Waals surface area contributed by atoms with Gasteiger partial charge in [0.15, 0.2) is 0 Å². The lowest BCUT2D eigenvalue weighted by atomic mass is 10.0. The van der Waals surface area contributed by atoms with Crippen LogP contribution in [0.15, 0.2) is 71.2 Å². The predicted molar refractivity (Wildman–Crippen MR) is 165 cm³/mol. The number of nitrogens with one attached hydrogen (secondary N) is 1. The summed E-state index contributed by atoms with van der Waals surface area (Å²) in [5.41, 5.74) is 2.65. The van der Waals surface area contributed by atoms with E-state index in [1.54, 1.807) is 36.4 Å². The number of anilines is 1. The van der Waals surface area contributed by atoms with E-state index in [-0.39, 0.29) is 24.9 Å². The highest BCUT2D eigenvalue weighted by Gasteiger charge is 2.33. The van der Waals surface area contributed by atoms with Crippen LogP contribution in [0.1, 0.15) is 30.5 Å². The van der Waals surface area contributed by atoms with Gasteiger partial charge in [-0.1, -0.05) is 75.5 Å². The summed E-state index contributed by atoms with van der Waals surface area (Å²) in [5.74, 6) is -0.894. The van der Waals surface area contributed by atoms with E-state index in [0.717, 1.165) is 26.2 Å². The van der Waals surface area contributed by atoms with Gasteiger partial charge in [0, 0.05) is 23.5 Å². The molecule has 3 aromatic carbocycles. The molecule has 0 fully saturated rings. The number of rotatable bonds is 11. The van der Waals surface area contributed by atoms with Crippen LogP contribution in [0.2, 0.25) is 10.0 Å². The number of carbonyl (C=O) groups excluding carboxylic acids is 2. The van der Waals surface area contributed by atoms with Crippen LogP contribution in [0.4, 0.5) is 5.69 Å². The molecule has 0 heterocycles. The molecular formula is C29H32BrCl2N3O4S. The van der Waals surface area contributed by atoms with E-state index in [1.807, 2.05) is 51.1 Å². The molecule has 11 heteroatoms. The van der Waals surface area contributed by atoms with Gasteiger partial charge in [-0.3, -0.25) is 13.9 Å². The number of hydrogen-bond acceptors (Lipinski definition) is 4. The Bertz CT molecular complexity index is 1470. The van der Waals surface area contributed by atoms with Crippen molar-refractivity contribution in [3.8, 4) is 0 Å². The normalized spacial score (nSPS) is 12.2. The van der Waals surface area contributed by atoms with Gasteiger partial charge in [0.25, 0.3) is 0 Å². The molecule has 0 aromatic heterocycles. The Balaban J connectivity index is 2.08. The third-order valence-corrected chi connectivity index (χ3v) is 8.92. The monoisotopic (exact) mass is 667 g/mol. The fraction of sp³-hybridized carbons (Fsp3) is 0.310. The number of benzene rings is 3. The Morgan fingerprint density at radius 1 is 0.950 bits per heavy atom. The van der Waals surface area contributed by atoms with Crippen LogP contribution in [0.25, 0.3) is 0 Å². The van der Waals surface area contributed by atoms with Gasteiger partial charge >= 0.3 is 0 Å². The topological polar surface area (TPSA) is 86.8 Å². The number of amides is 2. The minimum atomic E-state index is -3.85. The summed E-state index contributed by atoms with van der Waals surface area (Å²) in [5, 5.41) is 3.58. The quantitative estimate of drug-likeness (QED) is 0.272. The van der Waals surface area contributed by atoms with E-state index in [9.17, 15) is 18.0 Å². The number of halogens is 3. The summed E-state index contributed by atoms with van der Waals surface area (Å²) in [6.07, 6.45) is 1.27. The van der Waals surface area contributed by atoms with E-state index >= 15 is 0 Å². The second-order valence-corrected chi connectivity index (χ2v) is 13.4. The number of nitrogens with zero attached hydrogens (tertiary/aromatic N) is 2. The maximum Gasteiger partial charge on any atom is 0.244 e. The van der Waals surface area contributed by atoms with Crippen molar-refractivity contribution in [1.29, 1.82) is 0 Å². The lowest BCUT2D eigenvalue weighted by molar-refractivity contribution is -0.140. The van der Waals surface area contributed by atoms with Crippen LogP contribution < -0.4 is 9.62 Å². The summed E-state index contributed by atoms with van der Waals surface area (Å²) >= 11 is 15.8. The third-order valence-electron chi connectivity index (χ3n) is 6.15. The number of hydrogen-bond donors (Lipinski definition) is 1. The average molecular weight is 669 g/mol. The standard InChI is InChI=1S/C29H32BrCl2N3O4S/c1-19(2)33-29(37)27(16-21-8-6-5-7-9-21)34(17-22-10-13-25(31)26(32)15-22)28(36)18-35(40(4,38)39)23-11-12-24(30)20(3)14-23/h5-15,19,27H,16-18H2,1-4H3,(H,33,37). The lowest BCUT2D eigenvalue weighted by Gasteiger charge is -2.34. The van der Waals surface area contributed by atoms with Gasteiger partial charge in [-0.05, 0) is 67.8 Å². The van der Waals surface area contributed by atoms with Crippen molar-refractivity contribution >= 4 is 66.7 Å². The first-order chi connectivity index (χ1) is 18.8. The van der Waals surface area contributed by atoms with Gasteiger partial charge < -0.3 is 10.2 Å². The van der Waals surface area contributed by atoms with Crippen molar-refractivity contribution in [3.05, 3.63) is 97.9 Å². The zero-order chi connectivity index (χ0) is 29.6. The van der Waals surface area contributed by atoms with E-state index in [1.165, 1.54) is 4.90 Å². The molecule has 0 radical (unpaired) electrons. The highest BCUT2D eigenvalue weighted by atomic mass is 79.9. The molecule has 1 unspecified atom stereocenters. The predicted octanol–water partition coefficient (Wildman–Crippen LogP) is 6.00. The molecule has 3 aromatic rings. The first-order valence-corrected chi connectivity index (χ1v) is 16.0. The van der Waals surface area contributed by atoms with Crippen molar-refractivity contribution in [3.63, 3.8) is 0 Å². The largest absolute Gasteiger partial charge is 0.352 e. The Kier molecular flexibility index (Phi) is 11.1. The summed E-state index contributed by atoms with van der Waals surface area (Å²) < 4.78 is 27.7. The highest BCUT2D eigenvalue weighted by Crippen LogP contribution is 2.27. The zero-order valence-electron chi connectivity index (χ0n) is 22.7. The number of sulfonamides is 1. The average Bonchev–Trinajstić information content (AvgIpc) is 2.88. The van der Waals surface area contributed by atoms with Gasteiger partial charge in [-0.15, -0.1) is 0 Å². The van der Waals surface area contributed by atoms with Crippen molar-refractivity contribution < 1.29 is 18.0 Å². The van der Waals surface area contributed by atoms with E-state index in [2.05, 4.69) is 21.2 Å². The molecule has 0 saturated carbocycles. The van der Waals surface area contributed by atoms with Gasteiger partial charge in [0.2, 0.25) is 21.8 Å². The number of aryl methyl sites for hydroxylation is 1. The summed E-state index contributed by atoms with van der Waals surface area (Å²) in [4.78, 5) is 29.0. The van der Waals surface area contributed by atoms with Crippen LogP contribution in [0.3, 0.4) is 0 Å². The lowest BCUT2D eigenvalue weighted by Crippen LogP contribution is -2.54. The Labute approximate surface area is 254 Å². The fourth-order valence-electron chi connectivity index (χ4n) is 4.17. The second-order valence-electron chi connectivity index (χ2n) is 9.84. The molecule has 214 valence electrons. The van der Waals surface area contributed by atoms with Crippen molar-refractivity contribution in [2.24, 2.45) is 0 Å². The Morgan fingerprint density at radius 2 is 1.62 bits per heavy atom. The first-order valence-electron chi connectivity index (χ1n) is 12.6. The molecule has 0 aliphatic rings. The molecule has 2 amide bonds. The Morgan fingerprint density at radius 3 is 2.20 bits per heavy atom. The minimum absolute atomic E-state index is 0.00963. The van der Waals surface area contributed by atoms with Gasteiger partial charge in [-0.2, -0.15) is 0 Å². The maximum absolute atomic E-state index is 14.1. The third kappa shape index (κ3) is 8.70. The summed E-state index contributed by atoms with van der Waals surface area (Å²) in [6, 6.07) is 18.3. The molecular weight excluding hydrogens is 637 g/mol. The molecule has 3 rings (SSSR count). The second kappa shape index (κ2) is 13.9. The molecule has 7 nitrogen and oxygen atoms in total. The van der Waals surface area contributed by atoms with Gasteiger partial charge in [-0.25, -0.2) is 8.42 Å². The van der Waals surface area contributed by atoms with E-state index < -0.39 is 28.5 Å². The maximum atomic E-state index is 14.1. The first kappa shape index (κ1) is 31.9. The molecule has 1 N–H and O–H groups in total. The molecule has 1 atom stereocenters. The Hall–Kier alpha value is -2.59. The fourth-order valence-corrected chi connectivity index (χ4v) is 5.58. The molecule has 40 heavy (non-hydrogen) atoms. The smallest absolute Gasteiger partial charge is 0.244 e. The molecule has 0 aliphatic carbocycles. The molecule has 0 aliphatic heterocycles. The van der Waals surface area contributed by atoms with Crippen LogP contribution >= 0.6 is 39.1 Å². The van der Waals surface area contributed by atoms with Crippen LogP contribution in [-0.2, 0) is 32.6 Å². The van der Waals surface area contributed by atoms with Crippen LogP contribution in [-0.4, -0.2) is 50.0 Å². The zero-order valence-corrected chi connectivity index (χ0v) is 26.6. The number of carbonyl (C=O) groups is 2. The van der Waals surface area contributed by atoms with Crippen molar-refractivity contribution in [2.45, 2.75) is 45.8 Å². The van der Waals surface area contributed by atoms with Crippen LogP contribution in [0.5, 0.6) is 0 Å². The van der Waals surface area contributed by atoms with E-state index in [0.29, 0.717) is 21.3 Å². The molecule has 0 bridgehead atoms. The van der Waals surface area contributed by atoms with E-state index in [4.69, 9.17) is 23.2 Å². The van der Waals surface area contributed by atoms with Crippen molar-refractivity contribution in [1.82, 2.24) is 10.2 Å².